The number of unbranched alkanes of at least 4 members (excludes halogenated alkanes) is 1. The minimum absolute atomic E-state index is 0.0146. The summed E-state index contributed by atoms with van der Waals surface area (Å²) in [6.45, 7) is 6.01. The van der Waals surface area contributed by atoms with Crippen LogP contribution in [0, 0.1) is 9.49 Å². The van der Waals surface area contributed by atoms with Crippen molar-refractivity contribution in [2.24, 2.45) is 5.92 Å². The molecule has 3 aliphatic heterocycles. The average Bonchev–Trinajstić information content (AvgIpc) is 3.51. The first-order valence-corrected chi connectivity index (χ1v) is 17.4. The molecule has 0 bridgehead atoms. The molecule has 5 atom stereocenters. The number of aliphatic hydroxyl groups excluding tert-OH is 1. The van der Waals surface area contributed by atoms with Crippen molar-refractivity contribution in [3.8, 4) is 0 Å². The predicted molar refractivity (Wildman–Crippen MR) is 152 cm³/mol. The summed E-state index contributed by atoms with van der Waals surface area (Å²) in [5, 5.41) is 9.71. The molecule has 2 amide bonds. The summed E-state index contributed by atoms with van der Waals surface area (Å²) in [7, 11) is -2.02. The number of methoxy groups -OCH3 is 1. The highest BCUT2D eigenvalue weighted by atomic mass is 127. The molecule has 0 aromatic heterocycles. The van der Waals surface area contributed by atoms with Crippen LogP contribution in [-0.4, -0.2) is 75.1 Å². The molecule has 8 nitrogen and oxygen atoms in total. The second kappa shape index (κ2) is 11.5. The number of esters is 1. The third kappa shape index (κ3) is 5.27. The normalized spacial score (nSPS) is 28.9. The summed E-state index contributed by atoms with van der Waals surface area (Å²) in [5.41, 5.74) is -0.464. The van der Waals surface area contributed by atoms with Gasteiger partial charge in [-0.3, -0.25) is 14.4 Å². The zero-order valence-corrected chi connectivity index (χ0v) is 25.7. The van der Waals surface area contributed by atoms with Gasteiger partial charge in [0.2, 0.25) is 14.3 Å². The van der Waals surface area contributed by atoms with Gasteiger partial charge in [0.05, 0.1) is 38.0 Å². The highest BCUT2D eigenvalue weighted by Crippen LogP contribution is 2.60. The standard InChI is InChI=1S/C27H38FIN2O6Si/c1-17-25(38(3,4)28)22(15-23(33)30-13-7-8-19(30)16-32)37-27(17)20-14-18(29)10-11-21(20)31(26(27)35)12-6-5-9-24(34)36-2/h10-11,14,17,19,22,25,32H,5-9,12-13,15-16H2,1-4H3/t17-,19+,22+,25-,27+/m1/s1. The number of ether oxygens (including phenoxy) is 2. The summed E-state index contributed by atoms with van der Waals surface area (Å²) in [6.07, 6.45) is 2.27. The van der Waals surface area contributed by atoms with E-state index in [1.54, 1.807) is 22.9 Å². The Morgan fingerprint density at radius 2 is 2.05 bits per heavy atom. The lowest BCUT2D eigenvalue weighted by atomic mass is 9.82. The lowest BCUT2D eigenvalue weighted by molar-refractivity contribution is -0.150. The topological polar surface area (TPSA) is 96.4 Å². The molecule has 4 rings (SSSR count). The molecule has 210 valence electrons. The van der Waals surface area contributed by atoms with E-state index in [4.69, 9.17) is 9.47 Å². The van der Waals surface area contributed by atoms with Crippen LogP contribution < -0.4 is 4.90 Å². The van der Waals surface area contributed by atoms with Crippen LogP contribution in [0.3, 0.4) is 0 Å². The van der Waals surface area contributed by atoms with Gasteiger partial charge in [-0.05, 0) is 79.6 Å². The predicted octanol–water partition coefficient (Wildman–Crippen LogP) is 4.13. The molecular formula is C27H38FIN2O6Si. The van der Waals surface area contributed by atoms with E-state index in [2.05, 4.69) is 22.6 Å². The number of hydrogen-bond donors (Lipinski definition) is 1. The maximum Gasteiger partial charge on any atom is 0.305 e. The van der Waals surface area contributed by atoms with Crippen LogP contribution in [0.4, 0.5) is 9.80 Å². The number of likely N-dealkylation sites (tertiary alicyclic amines) is 1. The van der Waals surface area contributed by atoms with Gasteiger partial charge >= 0.3 is 5.97 Å². The summed E-state index contributed by atoms with van der Waals surface area (Å²) < 4.78 is 28.3. The van der Waals surface area contributed by atoms with E-state index in [9.17, 15) is 19.5 Å². The first kappa shape index (κ1) is 29.4. The van der Waals surface area contributed by atoms with Crippen molar-refractivity contribution in [3.05, 3.63) is 27.3 Å². The van der Waals surface area contributed by atoms with Crippen molar-refractivity contribution in [3.63, 3.8) is 0 Å². The van der Waals surface area contributed by atoms with Crippen LogP contribution in [0.1, 0.15) is 51.0 Å². The molecule has 11 heteroatoms. The molecule has 2 fully saturated rings. The largest absolute Gasteiger partial charge is 0.469 e. The number of fused-ring (bicyclic) bond motifs is 2. The Hall–Kier alpha value is -1.57. The van der Waals surface area contributed by atoms with Crippen LogP contribution >= 0.6 is 22.6 Å². The van der Waals surface area contributed by atoms with Crippen molar-refractivity contribution in [2.45, 2.75) is 81.8 Å². The molecule has 0 aliphatic carbocycles. The Balaban J connectivity index is 1.65. The smallest absolute Gasteiger partial charge is 0.305 e. The quantitative estimate of drug-likeness (QED) is 0.141. The van der Waals surface area contributed by atoms with Gasteiger partial charge in [-0.1, -0.05) is 6.92 Å². The Morgan fingerprint density at radius 1 is 1.32 bits per heavy atom. The monoisotopic (exact) mass is 660 g/mol. The molecule has 1 spiro atoms. The number of halogens is 2. The molecule has 38 heavy (non-hydrogen) atoms. The van der Waals surface area contributed by atoms with E-state index in [1.165, 1.54) is 7.11 Å². The van der Waals surface area contributed by atoms with Crippen molar-refractivity contribution in [1.82, 2.24) is 4.90 Å². The summed E-state index contributed by atoms with van der Waals surface area (Å²) in [5.74, 6) is -1.15. The Bertz CT molecular complexity index is 1080. The van der Waals surface area contributed by atoms with Crippen LogP contribution in [0.2, 0.25) is 18.6 Å². The van der Waals surface area contributed by atoms with Crippen molar-refractivity contribution in [2.75, 3.05) is 31.7 Å². The third-order valence-electron chi connectivity index (χ3n) is 8.45. The molecule has 3 heterocycles. The number of nitrogens with zero attached hydrogens (tertiary/aromatic N) is 2. The number of rotatable bonds is 9. The number of benzene rings is 1. The second-order valence-electron chi connectivity index (χ2n) is 11.2. The number of carbonyl (C=O) groups is 3. The molecule has 2 saturated heterocycles. The second-order valence-corrected chi connectivity index (χ2v) is 16.2. The van der Waals surface area contributed by atoms with Gasteiger partial charge in [0, 0.05) is 40.1 Å². The van der Waals surface area contributed by atoms with E-state index >= 15 is 4.11 Å². The van der Waals surface area contributed by atoms with E-state index in [-0.39, 0.29) is 43.3 Å². The van der Waals surface area contributed by atoms with Crippen LogP contribution in [0.5, 0.6) is 0 Å². The number of hydrogen-bond acceptors (Lipinski definition) is 6. The number of carbonyl (C=O) groups excluding carboxylic acids is 3. The number of aliphatic hydroxyl groups is 1. The van der Waals surface area contributed by atoms with Crippen LogP contribution in [0.25, 0.3) is 0 Å². The van der Waals surface area contributed by atoms with Crippen LogP contribution in [-0.2, 0) is 29.5 Å². The van der Waals surface area contributed by atoms with Gasteiger partial charge in [-0.25, -0.2) is 0 Å². The molecule has 0 saturated carbocycles. The van der Waals surface area contributed by atoms with Gasteiger partial charge in [0.1, 0.15) is 0 Å². The van der Waals surface area contributed by atoms with Crippen molar-refractivity contribution >= 4 is 54.5 Å². The Labute approximate surface area is 238 Å². The summed E-state index contributed by atoms with van der Waals surface area (Å²) in [6, 6.07) is 5.55. The van der Waals surface area contributed by atoms with Crippen LogP contribution in [0.15, 0.2) is 18.2 Å². The van der Waals surface area contributed by atoms with Gasteiger partial charge in [0.15, 0.2) is 5.60 Å². The summed E-state index contributed by atoms with van der Waals surface area (Å²) in [4.78, 5) is 42.5. The first-order valence-electron chi connectivity index (χ1n) is 13.4. The highest BCUT2D eigenvalue weighted by molar-refractivity contribution is 14.1. The fourth-order valence-corrected chi connectivity index (χ4v) is 9.71. The molecule has 0 radical (unpaired) electrons. The van der Waals surface area contributed by atoms with Gasteiger partial charge < -0.3 is 28.5 Å². The van der Waals surface area contributed by atoms with E-state index < -0.39 is 31.6 Å². The van der Waals surface area contributed by atoms with Crippen molar-refractivity contribution in [1.29, 1.82) is 0 Å². The molecule has 1 N–H and O–H groups in total. The maximum absolute atomic E-state index is 16.0. The van der Waals surface area contributed by atoms with E-state index in [0.717, 1.165) is 27.7 Å². The SMILES string of the molecule is COC(=O)CCCCN1C(=O)[C@@]2(O[C@@H](CC(=O)N3CCC[C@H]3CO)[C@H]([Si](C)(C)F)[C@H]2C)c2cc(I)ccc21. The van der Waals surface area contributed by atoms with Crippen molar-refractivity contribution < 1.29 is 33.1 Å². The minimum atomic E-state index is -3.38. The maximum atomic E-state index is 16.0. The molecule has 1 aromatic rings. The minimum Gasteiger partial charge on any atom is -0.469 e. The van der Waals surface area contributed by atoms with Gasteiger partial charge in [-0.15, -0.1) is 0 Å². The average molecular weight is 661 g/mol. The number of anilines is 1. The zero-order valence-electron chi connectivity index (χ0n) is 22.5. The summed E-state index contributed by atoms with van der Waals surface area (Å²) >= 11 is 2.20. The lowest BCUT2D eigenvalue weighted by Gasteiger charge is -2.31. The van der Waals surface area contributed by atoms with Gasteiger partial charge in [-0.2, -0.15) is 0 Å². The Kier molecular flexibility index (Phi) is 8.90. The highest BCUT2D eigenvalue weighted by Gasteiger charge is 2.67. The lowest BCUT2D eigenvalue weighted by Crippen LogP contribution is -2.45. The zero-order chi connectivity index (χ0) is 27.8. The molecular weight excluding hydrogens is 622 g/mol. The Morgan fingerprint density at radius 3 is 2.71 bits per heavy atom. The molecule has 1 aromatic carbocycles. The molecule has 3 aliphatic rings. The molecule has 0 unspecified atom stereocenters. The fourth-order valence-electron chi connectivity index (χ4n) is 6.73. The fraction of sp³-hybridized carbons (Fsp3) is 0.667. The first-order chi connectivity index (χ1) is 17.9. The third-order valence-corrected chi connectivity index (χ3v) is 11.6. The van der Waals surface area contributed by atoms with Gasteiger partial charge in [0.25, 0.3) is 5.91 Å². The van der Waals surface area contributed by atoms with E-state index in [1.807, 2.05) is 25.1 Å². The van der Waals surface area contributed by atoms with E-state index in [0.29, 0.717) is 25.9 Å². The number of amides is 2.